The summed E-state index contributed by atoms with van der Waals surface area (Å²) in [6, 6.07) is 6.32. The number of carbonyl (C=O) groups is 1. The average molecular weight is 386 g/mol. The van der Waals surface area contributed by atoms with Gasteiger partial charge in [0.1, 0.15) is 11.6 Å². The summed E-state index contributed by atoms with van der Waals surface area (Å²) < 4.78 is 19.3. The third-order valence-corrected chi connectivity index (χ3v) is 6.15. The summed E-state index contributed by atoms with van der Waals surface area (Å²) in [5.74, 6) is 1.08. The van der Waals surface area contributed by atoms with Gasteiger partial charge in [-0.25, -0.2) is 9.37 Å². The molecule has 0 radical (unpaired) electrons. The molecule has 150 valence electrons. The van der Waals surface area contributed by atoms with Gasteiger partial charge in [0.05, 0.1) is 5.69 Å². The highest BCUT2D eigenvalue weighted by Crippen LogP contribution is 2.31. The van der Waals surface area contributed by atoms with E-state index in [0.717, 1.165) is 50.5 Å². The smallest absolute Gasteiger partial charge is 0.226 e. The minimum absolute atomic E-state index is 0.0143. The Labute approximate surface area is 164 Å². The van der Waals surface area contributed by atoms with Gasteiger partial charge in [-0.2, -0.15) is 0 Å². The first-order chi connectivity index (χ1) is 13.4. The Morgan fingerprint density at radius 2 is 2.18 bits per heavy atom. The quantitative estimate of drug-likeness (QED) is 0.879. The Morgan fingerprint density at radius 3 is 3.00 bits per heavy atom. The van der Waals surface area contributed by atoms with E-state index in [1.807, 2.05) is 6.92 Å². The first kappa shape index (κ1) is 19.1. The van der Waals surface area contributed by atoms with Crippen LogP contribution in [-0.4, -0.2) is 59.5 Å². The second-order valence-corrected chi connectivity index (χ2v) is 7.99. The Morgan fingerprint density at radius 1 is 1.32 bits per heavy atom. The molecule has 2 aliphatic heterocycles. The maximum absolute atomic E-state index is 13.5. The third-order valence-electron chi connectivity index (χ3n) is 6.15. The number of likely N-dealkylation sites (N-methyl/N-ethyl adjacent to an activating group) is 1. The minimum Gasteiger partial charge on any atom is -0.441 e. The van der Waals surface area contributed by atoms with Gasteiger partial charge in [-0.3, -0.25) is 14.6 Å². The molecule has 1 amide bonds. The van der Waals surface area contributed by atoms with Crippen LogP contribution in [0.25, 0.3) is 11.5 Å². The molecule has 1 aromatic heterocycles. The van der Waals surface area contributed by atoms with Crippen LogP contribution in [-0.2, 0) is 11.3 Å². The van der Waals surface area contributed by atoms with Crippen LogP contribution in [0, 0.1) is 12.7 Å². The van der Waals surface area contributed by atoms with E-state index < -0.39 is 0 Å². The summed E-state index contributed by atoms with van der Waals surface area (Å²) >= 11 is 0. The zero-order valence-corrected chi connectivity index (χ0v) is 16.5. The Kier molecular flexibility index (Phi) is 5.21. The molecule has 1 aromatic carbocycles. The SMILES string of the molecule is Cc1oc(-c2cccc(F)c2)nc1CN1CCN(C)[C@@]2(CCNC(=O)CC2)C1. The Hall–Kier alpha value is -2.25. The molecule has 28 heavy (non-hydrogen) atoms. The molecule has 7 heteroatoms. The molecule has 2 aromatic rings. The fraction of sp³-hybridized carbons (Fsp3) is 0.524. The molecule has 4 rings (SSSR count). The molecule has 2 aliphatic rings. The lowest BCUT2D eigenvalue weighted by atomic mass is 9.86. The number of aryl methyl sites for hydroxylation is 1. The van der Waals surface area contributed by atoms with Gasteiger partial charge < -0.3 is 9.73 Å². The molecule has 2 fully saturated rings. The molecular weight excluding hydrogens is 359 g/mol. The summed E-state index contributed by atoms with van der Waals surface area (Å²) in [5.41, 5.74) is 1.56. The number of rotatable bonds is 3. The van der Waals surface area contributed by atoms with Crippen LogP contribution in [0.5, 0.6) is 0 Å². The molecular formula is C21H27FN4O2. The highest BCUT2D eigenvalue weighted by atomic mass is 19.1. The highest BCUT2D eigenvalue weighted by Gasteiger charge is 2.41. The van der Waals surface area contributed by atoms with Gasteiger partial charge in [-0.15, -0.1) is 0 Å². The maximum Gasteiger partial charge on any atom is 0.226 e. The number of amides is 1. The molecule has 6 nitrogen and oxygen atoms in total. The van der Waals surface area contributed by atoms with Crippen molar-refractivity contribution >= 4 is 5.91 Å². The number of hydrogen-bond donors (Lipinski definition) is 1. The number of carbonyl (C=O) groups excluding carboxylic acids is 1. The summed E-state index contributed by atoms with van der Waals surface area (Å²) in [5, 5.41) is 2.99. The fourth-order valence-electron chi connectivity index (χ4n) is 4.35. The molecule has 0 unspecified atom stereocenters. The molecule has 0 aliphatic carbocycles. The van der Waals surface area contributed by atoms with Crippen molar-refractivity contribution in [2.24, 2.45) is 0 Å². The lowest BCUT2D eigenvalue weighted by Gasteiger charge is -2.49. The van der Waals surface area contributed by atoms with Crippen LogP contribution >= 0.6 is 0 Å². The van der Waals surface area contributed by atoms with Gasteiger partial charge in [0.2, 0.25) is 11.8 Å². The molecule has 0 saturated carbocycles. The predicted octanol–water partition coefficient (Wildman–Crippen LogP) is 2.58. The van der Waals surface area contributed by atoms with Crippen LogP contribution in [0.3, 0.4) is 0 Å². The molecule has 0 bridgehead atoms. The number of aromatic nitrogens is 1. The molecule has 1 spiro atoms. The summed E-state index contributed by atoms with van der Waals surface area (Å²) in [4.78, 5) is 21.3. The highest BCUT2D eigenvalue weighted by molar-refractivity contribution is 5.76. The van der Waals surface area contributed by atoms with Crippen LogP contribution in [0.1, 0.15) is 30.7 Å². The van der Waals surface area contributed by atoms with Crippen molar-refractivity contribution in [2.75, 3.05) is 33.2 Å². The maximum atomic E-state index is 13.5. The third kappa shape index (κ3) is 3.82. The number of piperazine rings is 1. The van der Waals surface area contributed by atoms with Crippen LogP contribution in [0.2, 0.25) is 0 Å². The van der Waals surface area contributed by atoms with Crippen molar-refractivity contribution in [1.82, 2.24) is 20.1 Å². The van der Waals surface area contributed by atoms with Crippen LogP contribution in [0.15, 0.2) is 28.7 Å². The van der Waals surface area contributed by atoms with Crippen molar-refractivity contribution in [2.45, 2.75) is 38.3 Å². The normalized spacial score (nSPS) is 24.3. The summed E-state index contributed by atoms with van der Waals surface area (Å²) in [6.45, 7) is 6.14. The Bertz CT molecular complexity index is 868. The van der Waals surface area contributed by atoms with Gasteiger partial charge in [-0.05, 0) is 45.0 Å². The van der Waals surface area contributed by atoms with Crippen molar-refractivity contribution in [1.29, 1.82) is 0 Å². The van der Waals surface area contributed by atoms with Gasteiger partial charge in [0, 0.05) is 50.2 Å². The number of nitrogens with zero attached hydrogens (tertiary/aromatic N) is 3. The van der Waals surface area contributed by atoms with E-state index >= 15 is 0 Å². The zero-order chi connectivity index (χ0) is 19.7. The van der Waals surface area contributed by atoms with Crippen molar-refractivity contribution in [3.8, 4) is 11.5 Å². The van der Waals surface area contributed by atoms with E-state index in [2.05, 4.69) is 27.1 Å². The van der Waals surface area contributed by atoms with Gasteiger partial charge in [-0.1, -0.05) is 6.07 Å². The standard InChI is InChI=1S/C21H27FN4O2/c1-15-18(24-20(28-15)16-4-3-5-17(22)12-16)13-26-11-10-25(2)21(14-26)7-6-19(27)23-9-8-21/h3-5,12H,6-11,13-14H2,1-2H3,(H,23,27)/t21-/m0/s1. The summed E-state index contributed by atoms with van der Waals surface area (Å²) in [7, 11) is 2.16. The minimum atomic E-state index is -0.299. The van der Waals surface area contributed by atoms with Crippen LogP contribution < -0.4 is 5.32 Å². The molecule has 1 atom stereocenters. The predicted molar refractivity (Wildman–Crippen MR) is 104 cm³/mol. The van der Waals surface area contributed by atoms with Crippen molar-refractivity contribution in [3.63, 3.8) is 0 Å². The van der Waals surface area contributed by atoms with Gasteiger partial charge in [0.15, 0.2) is 0 Å². The second-order valence-electron chi connectivity index (χ2n) is 7.99. The topological polar surface area (TPSA) is 61.6 Å². The van der Waals surface area contributed by atoms with E-state index in [1.165, 1.54) is 12.1 Å². The first-order valence-corrected chi connectivity index (χ1v) is 9.88. The van der Waals surface area contributed by atoms with Gasteiger partial charge in [0.25, 0.3) is 0 Å². The molecule has 1 N–H and O–H groups in total. The second kappa shape index (κ2) is 7.64. The zero-order valence-electron chi connectivity index (χ0n) is 16.5. The average Bonchev–Trinajstić information content (AvgIpc) is 2.92. The van der Waals surface area contributed by atoms with E-state index in [9.17, 15) is 9.18 Å². The fourth-order valence-corrected chi connectivity index (χ4v) is 4.35. The lowest BCUT2D eigenvalue weighted by molar-refractivity contribution is -0.121. The number of nitrogens with one attached hydrogen (secondary N) is 1. The molecule has 2 saturated heterocycles. The van der Waals surface area contributed by atoms with E-state index in [1.54, 1.807) is 12.1 Å². The number of benzene rings is 1. The summed E-state index contributed by atoms with van der Waals surface area (Å²) in [6.07, 6.45) is 2.40. The van der Waals surface area contributed by atoms with E-state index in [0.29, 0.717) is 24.4 Å². The van der Waals surface area contributed by atoms with Crippen LogP contribution in [0.4, 0.5) is 4.39 Å². The van der Waals surface area contributed by atoms with Crippen molar-refractivity contribution in [3.05, 3.63) is 41.5 Å². The lowest BCUT2D eigenvalue weighted by Crippen LogP contribution is -2.60. The molecule has 3 heterocycles. The monoisotopic (exact) mass is 386 g/mol. The Balaban J connectivity index is 1.50. The number of hydrogen-bond acceptors (Lipinski definition) is 5. The van der Waals surface area contributed by atoms with Crippen molar-refractivity contribution < 1.29 is 13.6 Å². The van der Waals surface area contributed by atoms with E-state index in [-0.39, 0.29) is 17.3 Å². The first-order valence-electron chi connectivity index (χ1n) is 9.88. The number of oxazole rings is 1. The largest absolute Gasteiger partial charge is 0.441 e. The van der Waals surface area contributed by atoms with E-state index in [4.69, 9.17) is 4.42 Å². The number of halogens is 1. The van der Waals surface area contributed by atoms with Gasteiger partial charge >= 0.3 is 0 Å².